The summed E-state index contributed by atoms with van der Waals surface area (Å²) in [5, 5.41) is 13.5. The van der Waals surface area contributed by atoms with Gasteiger partial charge in [0.1, 0.15) is 5.69 Å². The number of H-pyrrole nitrogens is 1. The quantitative estimate of drug-likeness (QED) is 0.666. The minimum atomic E-state index is -1.02. The van der Waals surface area contributed by atoms with E-state index in [1.807, 2.05) is 55.5 Å². The number of carboxylic acid groups (broad SMARTS) is 1. The lowest BCUT2D eigenvalue weighted by Crippen LogP contribution is -2.44. The molecule has 138 valence electrons. The van der Waals surface area contributed by atoms with Gasteiger partial charge in [0.2, 0.25) is 0 Å². The summed E-state index contributed by atoms with van der Waals surface area (Å²) in [6, 6.07) is 14.8. The number of carbonyl (C=O) groups excluding carboxylic acids is 1. The molecule has 3 aromatic rings. The van der Waals surface area contributed by atoms with Crippen LogP contribution < -0.4 is 5.32 Å². The molecule has 1 heterocycles. The summed E-state index contributed by atoms with van der Waals surface area (Å²) in [6.07, 6.45) is -0.416. The average molecular weight is 363 g/mol. The molecule has 0 aliphatic heterocycles. The van der Waals surface area contributed by atoms with Crippen LogP contribution in [0.5, 0.6) is 0 Å². The Balaban J connectivity index is 1.62. The Morgan fingerprint density at radius 1 is 1.19 bits per heavy atom. The van der Waals surface area contributed by atoms with E-state index < -0.39 is 12.1 Å². The molecule has 1 aromatic heterocycles. The summed E-state index contributed by atoms with van der Waals surface area (Å²) in [4.78, 5) is 28.8. The van der Waals surface area contributed by atoms with Crippen molar-refractivity contribution in [2.45, 2.75) is 25.4 Å². The first-order chi connectivity index (χ1) is 12.9. The minimum Gasteiger partial charge on any atom is -0.465 e. The molecule has 3 N–H and O–H groups in total. The summed E-state index contributed by atoms with van der Waals surface area (Å²) >= 11 is 0. The predicted octanol–water partition coefficient (Wildman–Crippen LogP) is 3.48. The van der Waals surface area contributed by atoms with Crippen molar-refractivity contribution in [1.82, 2.24) is 15.2 Å². The number of likely N-dealkylation sites (N-methyl/N-ethyl adjacent to an activating group) is 1. The molecule has 1 aliphatic carbocycles. The monoisotopic (exact) mass is 363 g/mol. The van der Waals surface area contributed by atoms with Crippen LogP contribution in [0.2, 0.25) is 0 Å². The molecule has 0 saturated heterocycles. The summed E-state index contributed by atoms with van der Waals surface area (Å²) in [5.74, 6) is -0.231. The summed E-state index contributed by atoms with van der Waals surface area (Å²) in [6.45, 7) is 2.01. The molecular formula is C21H21N3O3. The molecule has 27 heavy (non-hydrogen) atoms. The molecule has 6 nitrogen and oxygen atoms in total. The molecule has 2 atom stereocenters. The Morgan fingerprint density at radius 2 is 1.96 bits per heavy atom. The van der Waals surface area contributed by atoms with Gasteiger partial charge < -0.3 is 20.3 Å². The van der Waals surface area contributed by atoms with E-state index in [0.29, 0.717) is 12.1 Å². The zero-order valence-corrected chi connectivity index (χ0v) is 15.2. The van der Waals surface area contributed by atoms with E-state index in [1.54, 1.807) is 7.05 Å². The van der Waals surface area contributed by atoms with Gasteiger partial charge in [-0.05, 0) is 42.7 Å². The number of aryl methyl sites for hydroxylation is 1. The van der Waals surface area contributed by atoms with Crippen LogP contribution in [0.3, 0.4) is 0 Å². The molecule has 0 radical (unpaired) electrons. The van der Waals surface area contributed by atoms with Gasteiger partial charge in [0.25, 0.3) is 5.91 Å². The number of hydrogen-bond donors (Lipinski definition) is 3. The lowest BCUT2D eigenvalue weighted by Gasteiger charge is -2.28. The second-order valence-corrected chi connectivity index (χ2v) is 7.09. The Kier molecular flexibility index (Phi) is 4.11. The van der Waals surface area contributed by atoms with Crippen LogP contribution in [-0.4, -0.2) is 40.1 Å². The summed E-state index contributed by atoms with van der Waals surface area (Å²) in [5.41, 5.74) is 4.51. The minimum absolute atomic E-state index is 0.231. The highest BCUT2D eigenvalue weighted by molar-refractivity contribution is 5.98. The number of fused-ring (bicyclic) bond motifs is 2. The van der Waals surface area contributed by atoms with Gasteiger partial charge >= 0.3 is 6.09 Å². The molecule has 4 rings (SSSR count). The fraction of sp³-hybridized carbons (Fsp3) is 0.238. The van der Waals surface area contributed by atoms with Gasteiger partial charge in [0.05, 0.1) is 12.1 Å². The highest BCUT2D eigenvalue weighted by Gasteiger charge is 2.38. The second-order valence-electron chi connectivity index (χ2n) is 7.09. The van der Waals surface area contributed by atoms with Crippen LogP contribution in [0.25, 0.3) is 10.9 Å². The normalized spacial score (nSPS) is 18.3. The Bertz CT molecular complexity index is 1040. The van der Waals surface area contributed by atoms with Gasteiger partial charge in [0, 0.05) is 18.0 Å². The van der Waals surface area contributed by atoms with E-state index in [-0.39, 0.29) is 11.9 Å². The van der Waals surface area contributed by atoms with E-state index in [2.05, 4.69) is 10.3 Å². The molecule has 1 aliphatic rings. The van der Waals surface area contributed by atoms with Gasteiger partial charge in [-0.2, -0.15) is 0 Å². The summed E-state index contributed by atoms with van der Waals surface area (Å²) in [7, 11) is 1.54. The molecule has 0 bridgehead atoms. The number of amides is 2. The first kappa shape index (κ1) is 17.1. The molecule has 2 amide bonds. The Hall–Kier alpha value is -3.28. The van der Waals surface area contributed by atoms with Gasteiger partial charge in [-0.15, -0.1) is 0 Å². The SMILES string of the molecule is Cc1ccc2[nH]c(C(=O)N[C@@H]3Cc4ccccc4[C@H]3N(C)C(=O)O)cc2c1. The van der Waals surface area contributed by atoms with Crippen LogP contribution >= 0.6 is 0 Å². The van der Waals surface area contributed by atoms with E-state index in [4.69, 9.17) is 0 Å². The van der Waals surface area contributed by atoms with Gasteiger partial charge in [-0.3, -0.25) is 4.79 Å². The third-order valence-electron chi connectivity index (χ3n) is 5.25. The van der Waals surface area contributed by atoms with Gasteiger partial charge in [-0.1, -0.05) is 35.9 Å². The number of aromatic nitrogens is 1. The standard InChI is InChI=1S/C21H21N3O3/c1-12-7-8-16-14(9-12)11-18(22-16)20(25)23-17-10-13-5-3-4-6-15(13)19(17)24(2)21(26)27/h3-9,11,17,19,22H,10H2,1-2H3,(H,23,25)(H,26,27)/t17-,19-/m1/s1. The van der Waals surface area contributed by atoms with Crippen molar-refractivity contribution in [3.05, 3.63) is 70.9 Å². The maximum atomic E-state index is 12.8. The molecule has 0 unspecified atom stereocenters. The molecule has 6 heteroatoms. The lowest BCUT2D eigenvalue weighted by atomic mass is 10.1. The zero-order valence-electron chi connectivity index (χ0n) is 15.2. The van der Waals surface area contributed by atoms with Crippen molar-refractivity contribution in [2.24, 2.45) is 0 Å². The van der Waals surface area contributed by atoms with Crippen LogP contribution in [0.4, 0.5) is 4.79 Å². The van der Waals surface area contributed by atoms with Crippen LogP contribution in [0.15, 0.2) is 48.5 Å². The highest BCUT2D eigenvalue weighted by atomic mass is 16.4. The van der Waals surface area contributed by atoms with Crippen molar-refractivity contribution in [1.29, 1.82) is 0 Å². The maximum absolute atomic E-state index is 12.8. The largest absolute Gasteiger partial charge is 0.465 e. The zero-order chi connectivity index (χ0) is 19.1. The van der Waals surface area contributed by atoms with Crippen molar-refractivity contribution >= 4 is 22.9 Å². The van der Waals surface area contributed by atoms with Gasteiger partial charge in [0.15, 0.2) is 0 Å². The van der Waals surface area contributed by atoms with Crippen molar-refractivity contribution in [2.75, 3.05) is 7.05 Å². The second kappa shape index (κ2) is 6.46. The highest BCUT2D eigenvalue weighted by Crippen LogP contribution is 2.35. The number of carbonyl (C=O) groups is 2. The Morgan fingerprint density at radius 3 is 2.74 bits per heavy atom. The first-order valence-electron chi connectivity index (χ1n) is 8.88. The number of aromatic amines is 1. The molecule has 2 aromatic carbocycles. The van der Waals surface area contributed by atoms with Crippen molar-refractivity contribution in [3.8, 4) is 0 Å². The fourth-order valence-electron chi connectivity index (χ4n) is 3.92. The third kappa shape index (κ3) is 3.03. The number of benzene rings is 2. The van der Waals surface area contributed by atoms with Gasteiger partial charge in [-0.25, -0.2) is 4.79 Å². The van der Waals surface area contributed by atoms with Crippen LogP contribution in [0, 0.1) is 6.92 Å². The van der Waals surface area contributed by atoms with E-state index in [9.17, 15) is 14.7 Å². The summed E-state index contributed by atoms with van der Waals surface area (Å²) < 4.78 is 0. The van der Waals surface area contributed by atoms with Crippen LogP contribution in [-0.2, 0) is 6.42 Å². The number of rotatable bonds is 3. The smallest absolute Gasteiger partial charge is 0.407 e. The van der Waals surface area contributed by atoms with Crippen molar-refractivity contribution < 1.29 is 14.7 Å². The molecule has 0 spiro atoms. The van der Waals surface area contributed by atoms with E-state index in [1.165, 1.54) is 4.90 Å². The lowest BCUT2D eigenvalue weighted by molar-refractivity contribution is 0.0890. The predicted molar refractivity (Wildman–Crippen MR) is 103 cm³/mol. The number of nitrogens with one attached hydrogen (secondary N) is 2. The fourth-order valence-corrected chi connectivity index (χ4v) is 3.92. The molecular weight excluding hydrogens is 342 g/mol. The third-order valence-corrected chi connectivity index (χ3v) is 5.25. The topological polar surface area (TPSA) is 85.4 Å². The number of nitrogens with zero attached hydrogens (tertiary/aromatic N) is 1. The Labute approximate surface area is 156 Å². The molecule has 0 fully saturated rings. The van der Waals surface area contributed by atoms with E-state index in [0.717, 1.165) is 27.6 Å². The van der Waals surface area contributed by atoms with E-state index >= 15 is 0 Å². The van der Waals surface area contributed by atoms with Crippen molar-refractivity contribution in [3.63, 3.8) is 0 Å². The average Bonchev–Trinajstić information content (AvgIpc) is 3.21. The number of hydrogen-bond acceptors (Lipinski definition) is 2. The maximum Gasteiger partial charge on any atom is 0.407 e. The molecule has 0 saturated carbocycles. The first-order valence-corrected chi connectivity index (χ1v) is 8.88. The van der Waals surface area contributed by atoms with Crippen LogP contribution in [0.1, 0.15) is 33.2 Å².